The molecule has 0 heterocycles. The average Bonchev–Trinajstić information content (AvgIpc) is 2.43. The first-order valence-electron chi connectivity index (χ1n) is 5.83. The van der Waals surface area contributed by atoms with E-state index in [1.165, 1.54) is 0 Å². The summed E-state index contributed by atoms with van der Waals surface area (Å²) >= 11 is 11.7. The molecular weight excluding hydrogens is 295 g/mol. The number of benzene rings is 2. The van der Waals surface area contributed by atoms with E-state index in [-0.39, 0.29) is 12.3 Å². The average molecular weight is 305 g/mol. The van der Waals surface area contributed by atoms with Gasteiger partial charge < -0.3 is 5.32 Å². The fraction of sp³-hybridized carbons (Fsp3) is 0.0667. The van der Waals surface area contributed by atoms with Gasteiger partial charge in [0.25, 0.3) is 0 Å². The van der Waals surface area contributed by atoms with E-state index in [4.69, 9.17) is 28.5 Å². The predicted molar refractivity (Wildman–Crippen MR) is 80.0 cm³/mol. The van der Waals surface area contributed by atoms with Crippen molar-refractivity contribution in [2.75, 3.05) is 5.32 Å². The summed E-state index contributed by atoms with van der Waals surface area (Å²) in [4.78, 5) is 11.9. The van der Waals surface area contributed by atoms with Crippen LogP contribution in [0.4, 0.5) is 5.69 Å². The van der Waals surface area contributed by atoms with Crippen LogP contribution in [0.25, 0.3) is 0 Å². The van der Waals surface area contributed by atoms with Crippen LogP contribution in [0.2, 0.25) is 10.0 Å². The number of anilines is 1. The highest BCUT2D eigenvalue weighted by Gasteiger charge is 2.08. The Morgan fingerprint density at radius 2 is 1.90 bits per heavy atom. The van der Waals surface area contributed by atoms with Crippen molar-refractivity contribution in [3.05, 3.63) is 63.6 Å². The van der Waals surface area contributed by atoms with Crippen LogP contribution in [-0.2, 0) is 11.2 Å². The Kier molecular flexibility index (Phi) is 4.62. The molecular formula is C15H10Cl2N2O. The number of carbonyl (C=O) groups is 1. The Bertz CT molecular complexity index is 693. The van der Waals surface area contributed by atoms with Gasteiger partial charge in [0.1, 0.15) is 6.07 Å². The first kappa shape index (κ1) is 14.4. The third kappa shape index (κ3) is 3.51. The summed E-state index contributed by atoms with van der Waals surface area (Å²) in [5.41, 5.74) is 1.68. The van der Waals surface area contributed by atoms with Crippen molar-refractivity contribution < 1.29 is 4.79 Å². The van der Waals surface area contributed by atoms with Crippen molar-refractivity contribution in [3.8, 4) is 6.07 Å². The number of halogens is 2. The summed E-state index contributed by atoms with van der Waals surface area (Å²) < 4.78 is 0. The van der Waals surface area contributed by atoms with Crippen LogP contribution in [0, 0.1) is 11.3 Å². The normalized spacial score (nSPS) is 9.85. The number of hydrogen-bond donors (Lipinski definition) is 1. The lowest BCUT2D eigenvalue weighted by Gasteiger charge is -2.07. The van der Waals surface area contributed by atoms with Crippen LogP contribution in [-0.4, -0.2) is 5.91 Å². The first-order valence-corrected chi connectivity index (χ1v) is 6.58. The molecule has 0 aromatic heterocycles. The molecule has 5 heteroatoms. The van der Waals surface area contributed by atoms with Gasteiger partial charge in [-0.2, -0.15) is 5.26 Å². The maximum Gasteiger partial charge on any atom is 0.228 e. The number of carbonyl (C=O) groups excluding carboxylic acids is 1. The third-order valence-electron chi connectivity index (χ3n) is 2.67. The fourth-order valence-corrected chi connectivity index (χ4v) is 2.04. The van der Waals surface area contributed by atoms with Crippen molar-refractivity contribution in [2.24, 2.45) is 0 Å². The zero-order valence-electron chi connectivity index (χ0n) is 10.4. The van der Waals surface area contributed by atoms with Crippen LogP contribution in [0.3, 0.4) is 0 Å². The Morgan fingerprint density at radius 1 is 1.15 bits per heavy atom. The minimum Gasteiger partial charge on any atom is -0.325 e. The molecule has 2 aromatic carbocycles. The van der Waals surface area contributed by atoms with E-state index >= 15 is 0 Å². The van der Waals surface area contributed by atoms with E-state index in [2.05, 4.69) is 5.32 Å². The largest absolute Gasteiger partial charge is 0.325 e. The zero-order valence-corrected chi connectivity index (χ0v) is 11.9. The van der Waals surface area contributed by atoms with Gasteiger partial charge in [0.15, 0.2) is 0 Å². The van der Waals surface area contributed by atoms with Gasteiger partial charge in [0.2, 0.25) is 5.91 Å². The lowest BCUT2D eigenvalue weighted by Crippen LogP contribution is -2.15. The maximum atomic E-state index is 11.9. The third-order valence-corrected chi connectivity index (χ3v) is 3.41. The van der Waals surface area contributed by atoms with Gasteiger partial charge in [-0.1, -0.05) is 41.4 Å². The minimum atomic E-state index is -0.217. The summed E-state index contributed by atoms with van der Waals surface area (Å²) in [6.45, 7) is 0. The topological polar surface area (TPSA) is 52.9 Å². The van der Waals surface area contributed by atoms with Crippen LogP contribution >= 0.6 is 23.2 Å². The molecule has 0 bridgehead atoms. The number of amides is 1. The summed E-state index contributed by atoms with van der Waals surface area (Å²) in [6.07, 6.45) is 0.163. The van der Waals surface area contributed by atoms with Gasteiger partial charge in [-0.25, -0.2) is 0 Å². The minimum absolute atomic E-state index is 0.163. The molecule has 3 nitrogen and oxygen atoms in total. The Hall–Kier alpha value is -2.02. The van der Waals surface area contributed by atoms with Gasteiger partial charge in [0.05, 0.1) is 27.7 Å². The van der Waals surface area contributed by atoms with E-state index in [1.807, 2.05) is 6.07 Å². The monoisotopic (exact) mass is 304 g/mol. The summed E-state index contributed by atoms with van der Waals surface area (Å²) in [6, 6.07) is 13.9. The van der Waals surface area contributed by atoms with Crippen molar-refractivity contribution >= 4 is 34.8 Å². The molecule has 0 saturated heterocycles. The number of hydrogen-bond acceptors (Lipinski definition) is 2. The Balaban J connectivity index is 2.09. The molecule has 0 spiro atoms. The van der Waals surface area contributed by atoms with Crippen molar-refractivity contribution in [1.29, 1.82) is 5.26 Å². The highest BCUT2D eigenvalue weighted by molar-refractivity contribution is 6.42. The van der Waals surface area contributed by atoms with E-state index in [9.17, 15) is 4.79 Å². The van der Waals surface area contributed by atoms with E-state index in [1.54, 1.807) is 42.5 Å². The van der Waals surface area contributed by atoms with Crippen LogP contribution < -0.4 is 5.32 Å². The van der Waals surface area contributed by atoms with Crippen LogP contribution in [0.5, 0.6) is 0 Å². The number of nitrogens with zero attached hydrogens (tertiary/aromatic N) is 1. The Labute approximate surface area is 126 Å². The SMILES string of the molecule is N#Cc1ccccc1NC(=O)Cc1ccc(Cl)c(Cl)c1. The van der Waals surface area contributed by atoms with E-state index in [0.717, 1.165) is 5.56 Å². The molecule has 2 rings (SSSR count). The molecule has 0 fully saturated rings. The first-order chi connectivity index (χ1) is 9.60. The molecule has 0 unspecified atom stereocenters. The number of para-hydroxylation sites is 1. The van der Waals surface area contributed by atoms with E-state index < -0.39 is 0 Å². The van der Waals surface area contributed by atoms with Crippen molar-refractivity contribution in [2.45, 2.75) is 6.42 Å². The second kappa shape index (κ2) is 6.42. The van der Waals surface area contributed by atoms with Gasteiger partial charge in [-0.15, -0.1) is 0 Å². The molecule has 100 valence electrons. The molecule has 0 radical (unpaired) electrons. The number of rotatable bonds is 3. The highest BCUT2D eigenvalue weighted by atomic mass is 35.5. The van der Waals surface area contributed by atoms with Gasteiger partial charge in [0, 0.05) is 0 Å². The maximum absolute atomic E-state index is 11.9. The molecule has 2 aromatic rings. The van der Waals surface area contributed by atoms with Crippen LogP contribution in [0.15, 0.2) is 42.5 Å². The van der Waals surface area contributed by atoms with Crippen molar-refractivity contribution in [3.63, 3.8) is 0 Å². The lowest BCUT2D eigenvalue weighted by molar-refractivity contribution is -0.115. The van der Waals surface area contributed by atoms with Crippen LogP contribution in [0.1, 0.15) is 11.1 Å². The lowest BCUT2D eigenvalue weighted by atomic mass is 10.1. The van der Waals surface area contributed by atoms with Crippen molar-refractivity contribution in [1.82, 2.24) is 0 Å². The summed E-state index contributed by atoms with van der Waals surface area (Å²) in [5.74, 6) is -0.217. The van der Waals surface area contributed by atoms with E-state index in [0.29, 0.717) is 21.3 Å². The molecule has 1 N–H and O–H groups in total. The van der Waals surface area contributed by atoms with Gasteiger partial charge in [-0.05, 0) is 29.8 Å². The standard InChI is InChI=1S/C15H10Cl2N2O/c16-12-6-5-10(7-13(12)17)8-15(20)19-14-4-2-1-3-11(14)9-18/h1-7H,8H2,(H,19,20). The molecule has 0 aliphatic rings. The molecule has 0 saturated carbocycles. The summed E-state index contributed by atoms with van der Waals surface area (Å²) in [7, 11) is 0. The van der Waals surface area contributed by atoms with Gasteiger partial charge in [-0.3, -0.25) is 4.79 Å². The fourth-order valence-electron chi connectivity index (χ4n) is 1.72. The van der Waals surface area contributed by atoms with Gasteiger partial charge >= 0.3 is 0 Å². The molecule has 0 aliphatic heterocycles. The zero-order chi connectivity index (χ0) is 14.5. The Morgan fingerprint density at radius 3 is 2.60 bits per heavy atom. The highest BCUT2D eigenvalue weighted by Crippen LogP contribution is 2.23. The number of nitriles is 1. The molecule has 0 aliphatic carbocycles. The second-order valence-electron chi connectivity index (χ2n) is 4.13. The molecule has 20 heavy (non-hydrogen) atoms. The number of nitrogens with one attached hydrogen (secondary N) is 1. The molecule has 1 amide bonds. The second-order valence-corrected chi connectivity index (χ2v) is 4.95. The molecule has 0 atom stereocenters. The quantitative estimate of drug-likeness (QED) is 0.930. The summed E-state index contributed by atoms with van der Waals surface area (Å²) in [5, 5.41) is 12.5. The predicted octanol–water partition coefficient (Wildman–Crippen LogP) is 4.05. The smallest absolute Gasteiger partial charge is 0.228 e.